The number of rotatable bonds is 1. The third-order valence-electron chi connectivity index (χ3n) is 2.10. The molecule has 0 unspecified atom stereocenters. The topological polar surface area (TPSA) is 30.0 Å². The van der Waals surface area contributed by atoms with Crippen LogP contribution in [0.25, 0.3) is 0 Å². The molecule has 2 rings (SSSR count). The Bertz CT molecular complexity index is 260. The zero-order chi connectivity index (χ0) is 7.68. The SMILES string of the molecule is O=C1CC(c2cccnc2)C1. The summed E-state index contributed by atoms with van der Waals surface area (Å²) >= 11 is 0. The lowest BCUT2D eigenvalue weighted by molar-refractivity contribution is -0.124. The number of hydrogen-bond acceptors (Lipinski definition) is 2. The van der Waals surface area contributed by atoms with Crippen LogP contribution in [0.3, 0.4) is 0 Å². The fraction of sp³-hybridized carbons (Fsp3) is 0.333. The Morgan fingerprint density at radius 3 is 2.82 bits per heavy atom. The molecule has 11 heavy (non-hydrogen) atoms. The summed E-state index contributed by atoms with van der Waals surface area (Å²) in [7, 11) is 0. The maximum atomic E-state index is 10.7. The monoisotopic (exact) mass is 147 g/mol. The van der Waals surface area contributed by atoms with Gasteiger partial charge in [0, 0.05) is 25.2 Å². The fourth-order valence-corrected chi connectivity index (χ4v) is 1.34. The summed E-state index contributed by atoms with van der Waals surface area (Å²) < 4.78 is 0. The number of carbonyl (C=O) groups excluding carboxylic acids is 1. The fourth-order valence-electron chi connectivity index (χ4n) is 1.34. The molecule has 1 aliphatic carbocycles. The molecule has 1 aliphatic rings. The van der Waals surface area contributed by atoms with Crippen molar-refractivity contribution in [1.29, 1.82) is 0 Å². The highest BCUT2D eigenvalue weighted by molar-refractivity contribution is 5.86. The predicted molar refractivity (Wildman–Crippen MR) is 41.2 cm³/mol. The lowest BCUT2D eigenvalue weighted by Gasteiger charge is -2.23. The predicted octanol–water partition coefficient (Wildman–Crippen LogP) is 1.53. The van der Waals surface area contributed by atoms with Crippen molar-refractivity contribution in [3.8, 4) is 0 Å². The smallest absolute Gasteiger partial charge is 0.134 e. The summed E-state index contributed by atoms with van der Waals surface area (Å²) in [6, 6.07) is 3.95. The largest absolute Gasteiger partial charge is 0.300 e. The number of ketones is 1. The molecule has 0 atom stereocenters. The van der Waals surface area contributed by atoms with Crippen LogP contribution in [0.1, 0.15) is 24.3 Å². The van der Waals surface area contributed by atoms with E-state index in [9.17, 15) is 4.79 Å². The second-order valence-electron chi connectivity index (χ2n) is 2.93. The van der Waals surface area contributed by atoms with Gasteiger partial charge in [0.05, 0.1) is 0 Å². The van der Waals surface area contributed by atoms with Gasteiger partial charge in [-0.2, -0.15) is 0 Å². The van der Waals surface area contributed by atoms with Crippen molar-refractivity contribution >= 4 is 5.78 Å². The molecule has 1 aromatic rings. The van der Waals surface area contributed by atoms with Gasteiger partial charge in [-0.05, 0) is 17.5 Å². The molecule has 0 radical (unpaired) electrons. The molecule has 0 aromatic carbocycles. The molecule has 1 heterocycles. The van der Waals surface area contributed by atoms with Crippen molar-refractivity contribution in [1.82, 2.24) is 4.98 Å². The minimum atomic E-state index is 0.374. The Kier molecular flexibility index (Phi) is 1.46. The summed E-state index contributed by atoms with van der Waals surface area (Å²) in [5.41, 5.74) is 1.20. The maximum Gasteiger partial charge on any atom is 0.134 e. The van der Waals surface area contributed by atoms with Crippen LogP contribution in [0.2, 0.25) is 0 Å². The first-order valence-electron chi connectivity index (χ1n) is 3.78. The minimum absolute atomic E-state index is 0.374. The number of Topliss-reactive ketones (excluding diaryl/α,β-unsaturated/α-hetero) is 1. The van der Waals surface area contributed by atoms with Gasteiger partial charge < -0.3 is 0 Å². The standard InChI is InChI=1S/C9H9NO/c11-9-4-8(5-9)7-2-1-3-10-6-7/h1-3,6,8H,4-5H2. The van der Waals surface area contributed by atoms with Crippen LogP contribution in [0, 0.1) is 0 Å². The summed E-state index contributed by atoms with van der Waals surface area (Å²) in [4.78, 5) is 14.7. The molecule has 1 aromatic heterocycles. The molecule has 1 fully saturated rings. The van der Waals surface area contributed by atoms with Gasteiger partial charge in [-0.3, -0.25) is 9.78 Å². The van der Waals surface area contributed by atoms with Crippen LogP contribution in [-0.4, -0.2) is 10.8 Å². The molecular weight excluding hydrogens is 138 g/mol. The third-order valence-corrected chi connectivity index (χ3v) is 2.10. The van der Waals surface area contributed by atoms with E-state index in [0.29, 0.717) is 24.5 Å². The minimum Gasteiger partial charge on any atom is -0.300 e. The zero-order valence-electron chi connectivity index (χ0n) is 6.16. The van der Waals surface area contributed by atoms with Crippen LogP contribution < -0.4 is 0 Å². The van der Waals surface area contributed by atoms with Crippen LogP contribution >= 0.6 is 0 Å². The molecule has 0 aliphatic heterocycles. The van der Waals surface area contributed by atoms with E-state index in [2.05, 4.69) is 4.98 Å². The molecule has 0 spiro atoms. The molecule has 1 saturated carbocycles. The first-order valence-corrected chi connectivity index (χ1v) is 3.78. The Balaban J connectivity index is 2.13. The van der Waals surface area contributed by atoms with Crippen LogP contribution in [-0.2, 0) is 4.79 Å². The van der Waals surface area contributed by atoms with Crippen molar-refractivity contribution in [3.63, 3.8) is 0 Å². The number of nitrogens with zero attached hydrogens (tertiary/aromatic N) is 1. The van der Waals surface area contributed by atoms with Gasteiger partial charge in [-0.15, -0.1) is 0 Å². The zero-order valence-corrected chi connectivity index (χ0v) is 6.16. The summed E-state index contributed by atoms with van der Waals surface area (Å²) in [5, 5.41) is 0. The first-order chi connectivity index (χ1) is 5.36. The average molecular weight is 147 g/mol. The van der Waals surface area contributed by atoms with Gasteiger partial charge in [0.15, 0.2) is 0 Å². The maximum absolute atomic E-state index is 10.7. The van der Waals surface area contributed by atoms with Gasteiger partial charge in [0.25, 0.3) is 0 Å². The second kappa shape index (κ2) is 2.46. The number of pyridine rings is 1. The average Bonchev–Trinajstić information content (AvgIpc) is 2.01. The van der Waals surface area contributed by atoms with Crippen molar-refractivity contribution in [2.24, 2.45) is 0 Å². The Morgan fingerprint density at radius 1 is 1.45 bits per heavy atom. The van der Waals surface area contributed by atoms with Gasteiger partial charge in [-0.1, -0.05) is 6.07 Å². The molecule has 2 heteroatoms. The van der Waals surface area contributed by atoms with Gasteiger partial charge in [0.1, 0.15) is 5.78 Å². The highest BCUT2D eigenvalue weighted by Gasteiger charge is 2.27. The molecule has 2 nitrogen and oxygen atoms in total. The van der Waals surface area contributed by atoms with Gasteiger partial charge >= 0.3 is 0 Å². The summed E-state index contributed by atoms with van der Waals surface area (Å²) in [5.74, 6) is 0.829. The van der Waals surface area contributed by atoms with E-state index >= 15 is 0 Å². The van der Waals surface area contributed by atoms with E-state index in [1.807, 2.05) is 18.3 Å². The van der Waals surface area contributed by atoms with E-state index in [1.54, 1.807) is 6.20 Å². The van der Waals surface area contributed by atoms with E-state index in [0.717, 1.165) is 0 Å². The molecule has 56 valence electrons. The van der Waals surface area contributed by atoms with Crippen LogP contribution in [0.5, 0.6) is 0 Å². The number of aromatic nitrogens is 1. The Morgan fingerprint density at radius 2 is 2.27 bits per heavy atom. The number of hydrogen-bond donors (Lipinski definition) is 0. The second-order valence-corrected chi connectivity index (χ2v) is 2.93. The molecule has 0 amide bonds. The van der Waals surface area contributed by atoms with E-state index in [4.69, 9.17) is 0 Å². The van der Waals surface area contributed by atoms with E-state index in [1.165, 1.54) is 5.56 Å². The quantitative estimate of drug-likeness (QED) is 0.603. The van der Waals surface area contributed by atoms with Crippen molar-refractivity contribution in [2.75, 3.05) is 0 Å². The molecule has 0 N–H and O–H groups in total. The lowest BCUT2D eigenvalue weighted by Crippen LogP contribution is -2.20. The Hall–Kier alpha value is -1.18. The molecule has 0 bridgehead atoms. The summed E-state index contributed by atoms with van der Waals surface area (Å²) in [6.07, 6.45) is 5.03. The van der Waals surface area contributed by atoms with Crippen molar-refractivity contribution < 1.29 is 4.79 Å². The van der Waals surface area contributed by atoms with E-state index < -0.39 is 0 Å². The van der Waals surface area contributed by atoms with E-state index in [-0.39, 0.29) is 0 Å². The normalized spacial score (nSPS) is 18.0. The number of carbonyl (C=O) groups is 1. The lowest BCUT2D eigenvalue weighted by atomic mass is 9.80. The third kappa shape index (κ3) is 1.16. The molecule has 0 saturated heterocycles. The van der Waals surface area contributed by atoms with Crippen LogP contribution in [0.15, 0.2) is 24.5 Å². The highest BCUT2D eigenvalue weighted by atomic mass is 16.1. The van der Waals surface area contributed by atoms with Crippen molar-refractivity contribution in [3.05, 3.63) is 30.1 Å². The molecular formula is C9H9NO. The summed E-state index contributed by atoms with van der Waals surface area (Å²) in [6.45, 7) is 0. The van der Waals surface area contributed by atoms with Crippen molar-refractivity contribution in [2.45, 2.75) is 18.8 Å². The van der Waals surface area contributed by atoms with Gasteiger partial charge in [-0.25, -0.2) is 0 Å². The highest BCUT2D eigenvalue weighted by Crippen LogP contribution is 2.32. The Labute approximate surface area is 65.3 Å². The first kappa shape index (κ1) is 6.53. The van der Waals surface area contributed by atoms with Gasteiger partial charge in [0.2, 0.25) is 0 Å². The van der Waals surface area contributed by atoms with Crippen LogP contribution in [0.4, 0.5) is 0 Å².